The highest BCUT2D eigenvalue weighted by Crippen LogP contribution is 2.53. The van der Waals surface area contributed by atoms with Crippen LogP contribution >= 0.6 is 15.9 Å². The van der Waals surface area contributed by atoms with E-state index in [1.54, 1.807) is 0 Å². The van der Waals surface area contributed by atoms with Gasteiger partial charge in [0.05, 0.1) is 0 Å². The molecule has 1 fully saturated rings. The molecule has 18 heavy (non-hydrogen) atoms. The van der Waals surface area contributed by atoms with E-state index in [0.717, 1.165) is 12.3 Å². The Kier molecular flexibility index (Phi) is 2.61. The van der Waals surface area contributed by atoms with Crippen LogP contribution in [0.5, 0.6) is 5.75 Å². The van der Waals surface area contributed by atoms with Gasteiger partial charge in [-0.1, -0.05) is 29.8 Å². The minimum Gasteiger partial charge on any atom is -0.487 e. The quantitative estimate of drug-likeness (QED) is 0.696. The van der Waals surface area contributed by atoms with Gasteiger partial charge >= 0.3 is 0 Å². The molecule has 1 aliphatic heterocycles. The van der Waals surface area contributed by atoms with Crippen molar-refractivity contribution in [3.8, 4) is 5.75 Å². The van der Waals surface area contributed by atoms with Crippen molar-refractivity contribution in [3.05, 3.63) is 27.7 Å². The van der Waals surface area contributed by atoms with Gasteiger partial charge in [-0.25, -0.2) is 0 Å². The summed E-state index contributed by atoms with van der Waals surface area (Å²) in [6.45, 7) is 9.07. The molecule has 2 heteroatoms. The molecule has 0 bridgehead atoms. The van der Waals surface area contributed by atoms with Gasteiger partial charge in [-0.2, -0.15) is 0 Å². The monoisotopic (exact) mass is 308 g/mol. The lowest BCUT2D eigenvalue weighted by molar-refractivity contribution is 0.0521. The van der Waals surface area contributed by atoms with Crippen LogP contribution in [0.1, 0.15) is 64.0 Å². The normalized spacial score (nSPS) is 24.3. The molecule has 1 nitrogen and oxygen atoms in total. The van der Waals surface area contributed by atoms with E-state index in [2.05, 4.69) is 55.8 Å². The predicted molar refractivity (Wildman–Crippen MR) is 78.5 cm³/mol. The fourth-order valence-electron chi connectivity index (χ4n) is 3.40. The summed E-state index contributed by atoms with van der Waals surface area (Å²) in [5, 5.41) is 0. The summed E-state index contributed by atoms with van der Waals surface area (Å²) in [6.07, 6.45) is 3.69. The molecule has 98 valence electrons. The second-order valence-corrected chi connectivity index (χ2v) is 7.98. The molecule has 1 aliphatic carbocycles. The van der Waals surface area contributed by atoms with Crippen LogP contribution in [-0.4, -0.2) is 5.60 Å². The van der Waals surface area contributed by atoms with E-state index in [9.17, 15) is 0 Å². The number of benzene rings is 1. The lowest BCUT2D eigenvalue weighted by Gasteiger charge is -2.43. The highest BCUT2D eigenvalue weighted by Gasteiger charge is 2.42. The number of fused-ring (bicyclic) bond motifs is 1. The van der Waals surface area contributed by atoms with E-state index < -0.39 is 0 Å². The summed E-state index contributed by atoms with van der Waals surface area (Å²) in [5.41, 5.74) is 2.91. The Morgan fingerprint density at radius 2 is 1.83 bits per heavy atom. The van der Waals surface area contributed by atoms with Crippen molar-refractivity contribution in [1.29, 1.82) is 0 Å². The van der Waals surface area contributed by atoms with Crippen molar-refractivity contribution < 1.29 is 4.74 Å². The van der Waals surface area contributed by atoms with Crippen molar-refractivity contribution in [2.24, 2.45) is 0 Å². The van der Waals surface area contributed by atoms with Crippen LogP contribution in [0.2, 0.25) is 0 Å². The molecule has 0 N–H and O–H groups in total. The van der Waals surface area contributed by atoms with Gasteiger partial charge in [0.25, 0.3) is 0 Å². The minimum absolute atomic E-state index is 0.0615. The third kappa shape index (κ3) is 2.09. The van der Waals surface area contributed by atoms with E-state index >= 15 is 0 Å². The van der Waals surface area contributed by atoms with Crippen molar-refractivity contribution in [2.45, 2.75) is 63.9 Å². The molecule has 3 rings (SSSR count). The fourth-order valence-corrected chi connectivity index (χ4v) is 3.88. The number of hydrogen-bond acceptors (Lipinski definition) is 1. The smallest absolute Gasteiger partial charge is 0.127 e. The Labute approximate surface area is 118 Å². The number of ether oxygens (including phenoxy) is 1. The highest BCUT2D eigenvalue weighted by atomic mass is 79.9. The van der Waals surface area contributed by atoms with Gasteiger partial charge in [0.15, 0.2) is 0 Å². The molecule has 1 aromatic carbocycles. The van der Waals surface area contributed by atoms with Crippen molar-refractivity contribution >= 4 is 15.9 Å². The molecule has 2 aliphatic rings. The summed E-state index contributed by atoms with van der Waals surface area (Å²) in [4.78, 5) is 0. The van der Waals surface area contributed by atoms with Crippen LogP contribution in [-0.2, 0) is 5.41 Å². The fraction of sp³-hybridized carbons (Fsp3) is 0.625. The molecular formula is C16H21BrO. The van der Waals surface area contributed by atoms with E-state index in [0.29, 0.717) is 0 Å². The predicted octanol–water partition coefficient (Wildman–Crippen LogP) is 5.17. The van der Waals surface area contributed by atoms with E-state index in [4.69, 9.17) is 4.74 Å². The lowest BCUT2D eigenvalue weighted by Crippen LogP contribution is -2.41. The van der Waals surface area contributed by atoms with E-state index in [1.165, 1.54) is 34.2 Å². The Morgan fingerprint density at radius 1 is 1.17 bits per heavy atom. The maximum absolute atomic E-state index is 6.32. The Hall–Kier alpha value is -0.500. The summed E-state index contributed by atoms with van der Waals surface area (Å²) >= 11 is 3.66. The molecule has 1 aromatic rings. The second kappa shape index (κ2) is 3.75. The first kappa shape index (κ1) is 12.5. The molecule has 1 saturated carbocycles. The SMILES string of the molecule is CC1(C)CC(C)(C)c2cc(Br)cc(C3CC3)c2O1. The van der Waals surface area contributed by atoms with Crippen LogP contribution in [0, 0.1) is 0 Å². The van der Waals surface area contributed by atoms with Crippen molar-refractivity contribution in [2.75, 3.05) is 0 Å². The minimum atomic E-state index is -0.0615. The number of hydrogen-bond donors (Lipinski definition) is 0. The first-order valence-electron chi connectivity index (χ1n) is 6.81. The van der Waals surface area contributed by atoms with E-state index in [1.807, 2.05) is 0 Å². The molecule has 0 spiro atoms. The average Bonchev–Trinajstić information content (AvgIpc) is 2.99. The van der Waals surface area contributed by atoms with Gasteiger partial charge < -0.3 is 4.74 Å². The molecule has 0 saturated heterocycles. The third-order valence-electron chi connectivity index (χ3n) is 4.07. The van der Waals surface area contributed by atoms with Crippen molar-refractivity contribution in [3.63, 3.8) is 0 Å². The molecule has 0 atom stereocenters. The van der Waals surface area contributed by atoms with E-state index in [-0.39, 0.29) is 11.0 Å². The highest BCUT2D eigenvalue weighted by molar-refractivity contribution is 9.10. The molecule has 0 aromatic heterocycles. The standard InChI is InChI=1S/C16H21BrO/c1-15(2)9-16(3,4)18-14-12(10-5-6-10)7-11(17)8-13(14)15/h7-8,10H,5-6,9H2,1-4H3. The van der Waals surface area contributed by atoms with Crippen LogP contribution in [0.15, 0.2) is 16.6 Å². The number of halogens is 1. The van der Waals surface area contributed by atoms with Crippen LogP contribution in [0.4, 0.5) is 0 Å². The molecule has 0 unspecified atom stereocenters. The average molecular weight is 309 g/mol. The zero-order chi connectivity index (χ0) is 13.1. The zero-order valence-corrected chi connectivity index (χ0v) is 13.2. The molecule has 1 heterocycles. The van der Waals surface area contributed by atoms with Gasteiger partial charge in [0, 0.05) is 10.0 Å². The van der Waals surface area contributed by atoms with Gasteiger partial charge in [-0.15, -0.1) is 0 Å². The summed E-state index contributed by atoms with van der Waals surface area (Å²) in [7, 11) is 0. The molecule has 0 amide bonds. The summed E-state index contributed by atoms with van der Waals surface area (Å²) in [5.74, 6) is 1.89. The summed E-state index contributed by atoms with van der Waals surface area (Å²) < 4.78 is 7.52. The Morgan fingerprint density at radius 3 is 2.44 bits per heavy atom. The van der Waals surface area contributed by atoms with Crippen LogP contribution < -0.4 is 4.74 Å². The molecule has 0 radical (unpaired) electrons. The Balaban J connectivity index is 2.19. The van der Waals surface area contributed by atoms with Crippen LogP contribution in [0.3, 0.4) is 0 Å². The first-order chi connectivity index (χ1) is 8.28. The zero-order valence-electron chi connectivity index (χ0n) is 11.6. The number of rotatable bonds is 1. The second-order valence-electron chi connectivity index (χ2n) is 7.07. The van der Waals surface area contributed by atoms with Gasteiger partial charge in [-0.3, -0.25) is 0 Å². The maximum atomic E-state index is 6.32. The lowest BCUT2D eigenvalue weighted by atomic mass is 9.73. The third-order valence-corrected chi connectivity index (χ3v) is 4.53. The first-order valence-corrected chi connectivity index (χ1v) is 7.61. The maximum Gasteiger partial charge on any atom is 0.127 e. The van der Waals surface area contributed by atoms with Crippen LogP contribution in [0.25, 0.3) is 0 Å². The van der Waals surface area contributed by atoms with Gasteiger partial charge in [0.2, 0.25) is 0 Å². The van der Waals surface area contributed by atoms with Gasteiger partial charge in [-0.05, 0) is 62.1 Å². The summed E-state index contributed by atoms with van der Waals surface area (Å²) in [6, 6.07) is 4.50. The topological polar surface area (TPSA) is 9.23 Å². The van der Waals surface area contributed by atoms with Gasteiger partial charge in [0.1, 0.15) is 11.4 Å². The van der Waals surface area contributed by atoms with Crippen molar-refractivity contribution in [1.82, 2.24) is 0 Å². The molecular weight excluding hydrogens is 288 g/mol. The Bertz CT molecular complexity index is 498. The largest absolute Gasteiger partial charge is 0.487 e.